The summed E-state index contributed by atoms with van der Waals surface area (Å²) in [5, 5.41) is 5.62. The fourth-order valence-electron chi connectivity index (χ4n) is 5.08. The van der Waals surface area contributed by atoms with Gasteiger partial charge in [-0.25, -0.2) is 0 Å². The summed E-state index contributed by atoms with van der Waals surface area (Å²) in [6.45, 7) is 1.76. The molecule has 2 N–H and O–H groups in total. The second-order valence-corrected chi connectivity index (χ2v) is 8.61. The summed E-state index contributed by atoms with van der Waals surface area (Å²) in [5.41, 5.74) is 1.03. The molecule has 3 aliphatic heterocycles. The Morgan fingerprint density at radius 2 is 1.74 bits per heavy atom. The molecular formula is C25H25N3O6. The fourth-order valence-corrected chi connectivity index (χ4v) is 5.08. The molecule has 2 aromatic carbocycles. The Balaban J connectivity index is 1.37. The van der Waals surface area contributed by atoms with Crippen LogP contribution < -0.4 is 25.0 Å². The lowest BCUT2D eigenvalue weighted by atomic mass is 9.77. The predicted octanol–water partition coefficient (Wildman–Crippen LogP) is 2.59. The fraction of sp³-hybridized carbons (Fsp3) is 0.320. The number of anilines is 3. The van der Waals surface area contributed by atoms with E-state index in [2.05, 4.69) is 10.6 Å². The molecule has 2 saturated heterocycles. The number of carbonyl (C=O) groups excluding carboxylic acids is 3. The topological polar surface area (TPSA) is 106 Å². The maximum absolute atomic E-state index is 13.5. The number of hydrogen-bond acceptors (Lipinski definition) is 6. The van der Waals surface area contributed by atoms with Gasteiger partial charge in [-0.1, -0.05) is 12.2 Å². The van der Waals surface area contributed by atoms with E-state index in [-0.39, 0.29) is 17.7 Å². The van der Waals surface area contributed by atoms with Gasteiger partial charge in [0.1, 0.15) is 5.60 Å². The van der Waals surface area contributed by atoms with Gasteiger partial charge >= 0.3 is 0 Å². The molecule has 9 nitrogen and oxygen atoms in total. The van der Waals surface area contributed by atoms with Gasteiger partial charge in [-0.15, -0.1) is 0 Å². The molecule has 0 saturated carbocycles. The molecule has 5 rings (SSSR count). The van der Waals surface area contributed by atoms with E-state index in [1.165, 1.54) is 14.0 Å². The summed E-state index contributed by atoms with van der Waals surface area (Å²) in [7, 11) is 3.07. The third-order valence-corrected chi connectivity index (χ3v) is 6.55. The minimum absolute atomic E-state index is 0.161. The monoisotopic (exact) mass is 463 g/mol. The highest BCUT2D eigenvalue weighted by Crippen LogP contribution is 2.53. The minimum Gasteiger partial charge on any atom is -0.493 e. The average Bonchev–Trinajstić information content (AvgIpc) is 3.47. The van der Waals surface area contributed by atoms with Crippen LogP contribution in [0.3, 0.4) is 0 Å². The van der Waals surface area contributed by atoms with E-state index >= 15 is 0 Å². The summed E-state index contributed by atoms with van der Waals surface area (Å²) in [5.74, 6) is -0.857. The normalized spacial score (nSPS) is 26.4. The van der Waals surface area contributed by atoms with Gasteiger partial charge in [0, 0.05) is 30.1 Å². The Kier molecular flexibility index (Phi) is 5.28. The van der Waals surface area contributed by atoms with Crippen LogP contribution in [0.2, 0.25) is 0 Å². The predicted molar refractivity (Wildman–Crippen MR) is 125 cm³/mol. The largest absolute Gasteiger partial charge is 0.493 e. The van der Waals surface area contributed by atoms with E-state index < -0.39 is 23.5 Å². The molecule has 34 heavy (non-hydrogen) atoms. The van der Waals surface area contributed by atoms with Crippen molar-refractivity contribution in [3.8, 4) is 11.5 Å². The van der Waals surface area contributed by atoms with Crippen molar-refractivity contribution in [3.63, 3.8) is 0 Å². The van der Waals surface area contributed by atoms with Crippen molar-refractivity contribution in [2.75, 3.05) is 36.3 Å². The molecule has 3 heterocycles. The van der Waals surface area contributed by atoms with Crippen LogP contribution in [0, 0.1) is 11.8 Å². The average molecular weight is 463 g/mol. The summed E-state index contributed by atoms with van der Waals surface area (Å²) in [4.78, 5) is 39.8. The van der Waals surface area contributed by atoms with Crippen LogP contribution in [0.15, 0.2) is 54.6 Å². The van der Waals surface area contributed by atoms with Crippen LogP contribution in [0.1, 0.15) is 6.92 Å². The zero-order valence-electron chi connectivity index (χ0n) is 19.0. The van der Waals surface area contributed by atoms with Gasteiger partial charge in [-0.3, -0.25) is 14.4 Å². The van der Waals surface area contributed by atoms with Gasteiger partial charge in [0.2, 0.25) is 17.7 Å². The molecule has 2 fully saturated rings. The Hall–Kier alpha value is -3.85. The second-order valence-electron chi connectivity index (χ2n) is 8.61. The van der Waals surface area contributed by atoms with E-state index in [1.54, 1.807) is 54.5 Å². The Morgan fingerprint density at radius 1 is 1.03 bits per heavy atom. The van der Waals surface area contributed by atoms with Gasteiger partial charge in [0.05, 0.1) is 38.7 Å². The number of benzene rings is 2. The highest BCUT2D eigenvalue weighted by molar-refractivity contribution is 6.05. The van der Waals surface area contributed by atoms with E-state index in [0.717, 1.165) is 0 Å². The van der Waals surface area contributed by atoms with Crippen LogP contribution in [0.5, 0.6) is 11.5 Å². The van der Waals surface area contributed by atoms with Crippen molar-refractivity contribution in [1.82, 2.24) is 0 Å². The Labute approximate surface area is 196 Å². The van der Waals surface area contributed by atoms with Crippen LogP contribution >= 0.6 is 0 Å². The van der Waals surface area contributed by atoms with Crippen LogP contribution in [0.4, 0.5) is 17.1 Å². The number of nitrogens with one attached hydrogen (secondary N) is 2. The quantitative estimate of drug-likeness (QED) is 0.638. The smallest absolute Gasteiger partial charge is 0.234 e. The molecular weight excluding hydrogens is 438 g/mol. The van der Waals surface area contributed by atoms with Gasteiger partial charge < -0.3 is 29.7 Å². The highest BCUT2D eigenvalue weighted by atomic mass is 16.5. The molecule has 2 bridgehead atoms. The van der Waals surface area contributed by atoms with Gasteiger partial charge in [0.15, 0.2) is 11.5 Å². The number of hydrogen-bond donors (Lipinski definition) is 2. The van der Waals surface area contributed by atoms with Crippen molar-refractivity contribution in [3.05, 3.63) is 54.6 Å². The zero-order chi connectivity index (χ0) is 24.0. The van der Waals surface area contributed by atoms with Gasteiger partial charge in [0.25, 0.3) is 0 Å². The summed E-state index contributed by atoms with van der Waals surface area (Å²) in [6.07, 6.45) is 3.32. The number of carbonyl (C=O) groups is 3. The first-order chi connectivity index (χ1) is 16.3. The van der Waals surface area contributed by atoms with E-state index in [0.29, 0.717) is 35.1 Å². The van der Waals surface area contributed by atoms with Gasteiger partial charge in [-0.2, -0.15) is 0 Å². The number of rotatable bonds is 6. The second kappa shape index (κ2) is 8.18. The van der Waals surface area contributed by atoms with Crippen molar-refractivity contribution in [2.24, 2.45) is 11.8 Å². The number of methoxy groups -OCH3 is 2. The van der Waals surface area contributed by atoms with Crippen molar-refractivity contribution in [2.45, 2.75) is 18.6 Å². The van der Waals surface area contributed by atoms with E-state index in [4.69, 9.17) is 14.2 Å². The van der Waals surface area contributed by atoms with Crippen LogP contribution in [-0.2, 0) is 19.1 Å². The molecule has 0 aliphatic carbocycles. The summed E-state index contributed by atoms with van der Waals surface area (Å²) < 4.78 is 16.8. The lowest BCUT2D eigenvalue weighted by molar-refractivity contribution is -0.128. The summed E-state index contributed by atoms with van der Waals surface area (Å²) in [6, 6.07) is 12.1. The van der Waals surface area contributed by atoms with Crippen LogP contribution in [0.25, 0.3) is 0 Å². The zero-order valence-corrected chi connectivity index (χ0v) is 19.0. The van der Waals surface area contributed by atoms with E-state index in [9.17, 15) is 14.4 Å². The molecule has 0 aromatic heterocycles. The summed E-state index contributed by atoms with van der Waals surface area (Å²) >= 11 is 0. The number of amides is 3. The minimum atomic E-state index is -0.836. The molecule has 1 spiro atoms. The molecule has 3 amide bonds. The SMILES string of the molecule is COc1ccc(NC(=O)[C@H]2[C@H]3C(=O)N(c4ccc(NC(C)=O)cc4)C[C@@]34C=C[C@H]2O4)cc1OC. The lowest BCUT2D eigenvalue weighted by Gasteiger charge is -2.23. The molecule has 2 aromatic rings. The number of nitrogens with zero attached hydrogens (tertiary/aromatic N) is 1. The maximum atomic E-state index is 13.5. The molecule has 9 heteroatoms. The number of fused-ring (bicyclic) bond motifs is 1. The first kappa shape index (κ1) is 22.0. The third-order valence-electron chi connectivity index (χ3n) is 6.55. The van der Waals surface area contributed by atoms with Gasteiger partial charge in [-0.05, 0) is 36.4 Å². The molecule has 0 unspecified atom stereocenters. The molecule has 0 radical (unpaired) electrons. The maximum Gasteiger partial charge on any atom is 0.234 e. The first-order valence-corrected chi connectivity index (χ1v) is 10.9. The Bertz CT molecular complexity index is 1190. The number of ether oxygens (including phenoxy) is 3. The Morgan fingerprint density at radius 3 is 2.41 bits per heavy atom. The molecule has 176 valence electrons. The van der Waals surface area contributed by atoms with E-state index in [1.807, 2.05) is 12.2 Å². The third kappa shape index (κ3) is 3.49. The van der Waals surface area contributed by atoms with Crippen molar-refractivity contribution < 1.29 is 28.6 Å². The van der Waals surface area contributed by atoms with Crippen molar-refractivity contribution in [1.29, 1.82) is 0 Å². The molecule has 3 aliphatic rings. The first-order valence-electron chi connectivity index (χ1n) is 10.9. The van der Waals surface area contributed by atoms with Crippen molar-refractivity contribution >= 4 is 34.8 Å². The standard InChI is InChI=1S/C25H25N3O6/c1-14(29)26-15-4-7-17(8-5-15)28-13-25-11-10-19(34-25)21(22(25)24(28)31)23(30)27-16-6-9-18(32-2)20(12-16)33-3/h4-12,19,21-22H,13H2,1-3H3,(H,26,29)(H,27,30)/t19-,21-,22+,25+/m1/s1. The highest BCUT2D eigenvalue weighted by Gasteiger charge is 2.67. The lowest BCUT2D eigenvalue weighted by Crippen LogP contribution is -2.41. The molecule has 4 atom stereocenters. The van der Waals surface area contributed by atoms with Crippen LogP contribution in [-0.4, -0.2) is 50.2 Å².